The average Bonchev–Trinajstić information content (AvgIpc) is 1.66. The zero-order valence-corrected chi connectivity index (χ0v) is 5.87. The second kappa shape index (κ2) is 4.74. The summed E-state index contributed by atoms with van der Waals surface area (Å²) in [6.45, 7) is 4.07. The van der Waals surface area contributed by atoms with Crippen LogP contribution in [0, 0.1) is 17.8 Å². The highest BCUT2D eigenvalue weighted by molar-refractivity contribution is 6.25. The average molecular weight is 129 g/mol. The Morgan fingerprint density at radius 2 is 2.12 bits per heavy atom. The molecule has 0 saturated heterocycles. The highest BCUT2D eigenvalue weighted by Gasteiger charge is 1.76. The normalized spacial score (nSPS) is 9.50. The molecule has 0 heterocycles. The molecule has 0 aromatic carbocycles. The van der Waals surface area contributed by atoms with Crippen molar-refractivity contribution >= 4 is 11.6 Å². The Labute approximate surface area is 55.5 Å². The predicted molar refractivity (Wildman–Crippen MR) is 37.6 cm³/mol. The lowest BCUT2D eigenvalue weighted by molar-refractivity contribution is 0.867. The summed E-state index contributed by atoms with van der Waals surface area (Å²) in [5.41, 5.74) is 1.41. The maximum absolute atomic E-state index is 5.20. The van der Waals surface area contributed by atoms with Gasteiger partial charge >= 0.3 is 0 Å². The summed E-state index contributed by atoms with van der Waals surface area (Å²) in [7, 11) is 0. The molecule has 0 nitrogen and oxygen atoms in total. The van der Waals surface area contributed by atoms with E-state index in [1.807, 2.05) is 13.8 Å². The number of hydrogen-bond donors (Lipinski definition) is 0. The zero-order valence-electron chi connectivity index (χ0n) is 5.11. The van der Waals surface area contributed by atoms with Gasteiger partial charge in [0.05, 0.1) is 0 Å². The molecule has 0 aliphatic heterocycles. The lowest BCUT2D eigenvalue weighted by atomic mass is 10.2. The van der Waals surface area contributed by atoms with Gasteiger partial charge in [-0.05, 0) is 6.08 Å². The van der Waals surface area contributed by atoms with E-state index in [1.54, 1.807) is 6.08 Å². The van der Waals surface area contributed by atoms with Crippen LogP contribution in [0.1, 0.15) is 13.8 Å². The van der Waals surface area contributed by atoms with E-state index in [-0.39, 0.29) is 0 Å². The fourth-order valence-electron chi connectivity index (χ4n) is 0.246. The van der Waals surface area contributed by atoms with Gasteiger partial charge in [-0.2, -0.15) is 0 Å². The third-order valence-electron chi connectivity index (χ3n) is 0.518. The molecule has 0 aliphatic carbocycles. The van der Waals surface area contributed by atoms with Crippen LogP contribution in [0.2, 0.25) is 0 Å². The summed E-state index contributed by atoms with van der Waals surface area (Å²) >= 11 is 5.20. The molecule has 0 bridgehead atoms. The largest absolute Gasteiger partial charge is 0.0957 e. The molecule has 0 aromatic rings. The Bertz CT molecular complexity index is 123. The van der Waals surface area contributed by atoms with Crippen LogP contribution in [0.5, 0.6) is 0 Å². The van der Waals surface area contributed by atoms with Crippen LogP contribution in [0.25, 0.3) is 0 Å². The Hall–Kier alpha value is -0.410. The van der Waals surface area contributed by atoms with Gasteiger partial charge in [-0.25, -0.2) is 0 Å². The van der Waals surface area contributed by atoms with Crippen LogP contribution in [0.3, 0.4) is 0 Å². The highest BCUT2D eigenvalue weighted by Crippen LogP contribution is 1.85. The smallest absolute Gasteiger partial charge is 0.0149 e. The van der Waals surface area contributed by atoms with Gasteiger partial charge < -0.3 is 0 Å². The molecule has 0 amide bonds. The highest BCUT2D eigenvalue weighted by atomic mass is 35.5. The fourth-order valence-corrected chi connectivity index (χ4v) is 0.309. The molecular weight excluding hydrogens is 120 g/mol. The number of halogens is 1. The van der Waals surface area contributed by atoms with E-state index < -0.39 is 0 Å². The van der Waals surface area contributed by atoms with E-state index in [2.05, 4.69) is 11.8 Å². The van der Waals surface area contributed by atoms with E-state index in [0.717, 1.165) is 0 Å². The van der Waals surface area contributed by atoms with Crippen molar-refractivity contribution in [3.63, 3.8) is 0 Å². The molecule has 8 heavy (non-hydrogen) atoms. The van der Waals surface area contributed by atoms with Crippen molar-refractivity contribution < 1.29 is 0 Å². The minimum Gasteiger partial charge on any atom is -0.0957 e. The molecule has 0 N–H and O–H groups in total. The van der Waals surface area contributed by atoms with Crippen LogP contribution < -0.4 is 0 Å². The van der Waals surface area contributed by atoms with Gasteiger partial charge in [-0.15, -0.1) is 0 Å². The van der Waals surface area contributed by atoms with E-state index in [0.29, 0.717) is 5.92 Å². The Morgan fingerprint density at radius 1 is 1.50 bits per heavy atom. The summed E-state index contributed by atoms with van der Waals surface area (Å²) in [6, 6.07) is 0. The van der Waals surface area contributed by atoms with Crippen LogP contribution in [-0.2, 0) is 0 Å². The lowest BCUT2D eigenvalue weighted by Crippen LogP contribution is -1.75. The summed E-state index contributed by atoms with van der Waals surface area (Å²) in [5, 5.41) is 0. The van der Waals surface area contributed by atoms with Gasteiger partial charge in [0.15, 0.2) is 0 Å². The molecule has 0 aliphatic rings. The summed E-state index contributed by atoms with van der Waals surface area (Å²) < 4.78 is 0. The van der Waals surface area contributed by atoms with Gasteiger partial charge in [0.2, 0.25) is 0 Å². The Balaban J connectivity index is 3.51. The maximum Gasteiger partial charge on any atom is 0.0149 e. The second-order valence-electron chi connectivity index (χ2n) is 1.74. The minimum absolute atomic E-state index is 0.433. The van der Waals surface area contributed by atoms with Crippen molar-refractivity contribution in [3.8, 4) is 11.8 Å². The van der Waals surface area contributed by atoms with E-state index in [9.17, 15) is 0 Å². The first kappa shape index (κ1) is 7.59. The van der Waals surface area contributed by atoms with Crippen molar-refractivity contribution in [2.75, 3.05) is 0 Å². The topological polar surface area (TPSA) is 0 Å². The Kier molecular flexibility index (Phi) is 4.50. The predicted octanol–water partition coefficient (Wildman–Crippen LogP) is 2.40. The lowest BCUT2D eigenvalue weighted by Gasteiger charge is -1.82. The number of rotatable bonds is 0. The maximum atomic E-state index is 5.20. The van der Waals surface area contributed by atoms with Gasteiger partial charge in [-0.1, -0.05) is 37.3 Å². The third kappa shape index (κ3) is 5.59. The molecule has 0 atom stereocenters. The quantitative estimate of drug-likeness (QED) is 0.440. The molecule has 0 unspecified atom stereocenters. The first-order chi connectivity index (χ1) is 3.77. The molecule has 0 aromatic heterocycles. The SMILES string of the molecule is CC(C)C#C/C=C/Cl. The standard InChI is InChI=1S/C7H9Cl/c1-7(2)5-3-4-6-8/h4,6-7H,1-2H3/b6-4+. The van der Waals surface area contributed by atoms with Crippen molar-refractivity contribution in [1.82, 2.24) is 0 Å². The summed E-state index contributed by atoms with van der Waals surface area (Å²) in [4.78, 5) is 0. The fraction of sp³-hybridized carbons (Fsp3) is 0.429. The minimum atomic E-state index is 0.433. The molecule has 0 spiro atoms. The van der Waals surface area contributed by atoms with E-state index in [4.69, 9.17) is 11.6 Å². The van der Waals surface area contributed by atoms with Gasteiger partial charge in [0.1, 0.15) is 0 Å². The Morgan fingerprint density at radius 3 is 2.50 bits per heavy atom. The van der Waals surface area contributed by atoms with Gasteiger partial charge in [-0.3, -0.25) is 0 Å². The van der Waals surface area contributed by atoms with Crippen molar-refractivity contribution in [1.29, 1.82) is 0 Å². The molecule has 44 valence electrons. The number of hydrogen-bond acceptors (Lipinski definition) is 0. The molecule has 0 rings (SSSR count). The monoisotopic (exact) mass is 128 g/mol. The van der Waals surface area contributed by atoms with Crippen LogP contribution in [-0.4, -0.2) is 0 Å². The molecule has 0 saturated carbocycles. The van der Waals surface area contributed by atoms with E-state index >= 15 is 0 Å². The van der Waals surface area contributed by atoms with Gasteiger partial charge in [0.25, 0.3) is 0 Å². The van der Waals surface area contributed by atoms with Crippen LogP contribution in [0.15, 0.2) is 11.6 Å². The molecule has 1 heteroatoms. The zero-order chi connectivity index (χ0) is 6.41. The first-order valence-corrected chi connectivity index (χ1v) is 2.97. The van der Waals surface area contributed by atoms with Crippen LogP contribution >= 0.6 is 11.6 Å². The second-order valence-corrected chi connectivity index (χ2v) is 1.99. The third-order valence-corrected chi connectivity index (χ3v) is 0.644. The molecular formula is C7H9Cl. The first-order valence-electron chi connectivity index (χ1n) is 2.53. The van der Waals surface area contributed by atoms with Crippen molar-refractivity contribution in [2.24, 2.45) is 5.92 Å². The number of allylic oxidation sites excluding steroid dienone is 1. The van der Waals surface area contributed by atoms with E-state index in [1.165, 1.54) is 5.54 Å². The summed E-state index contributed by atoms with van der Waals surface area (Å²) in [6.07, 6.45) is 1.63. The van der Waals surface area contributed by atoms with Gasteiger partial charge in [0, 0.05) is 11.5 Å². The van der Waals surface area contributed by atoms with Crippen molar-refractivity contribution in [3.05, 3.63) is 11.6 Å². The van der Waals surface area contributed by atoms with Crippen LogP contribution in [0.4, 0.5) is 0 Å². The molecule has 0 radical (unpaired) electrons. The summed E-state index contributed by atoms with van der Waals surface area (Å²) in [5.74, 6) is 6.13. The van der Waals surface area contributed by atoms with Crippen molar-refractivity contribution in [2.45, 2.75) is 13.8 Å². The molecule has 0 fully saturated rings.